The van der Waals surface area contributed by atoms with Crippen LogP contribution in [0.2, 0.25) is 0 Å². The van der Waals surface area contributed by atoms with Crippen molar-refractivity contribution in [3.8, 4) is 0 Å². The third-order valence-electron chi connectivity index (χ3n) is 3.03. The minimum atomic E-state index is 0.333. The highest BCUT2D eigenvalue weighted by Gasteiger charge is 2.13. The summed E-state index contributed by atoms with van der Waals surface area (Å²) in [4.78, 5) is 16.7. The summed E-state index contributed by atoms with van der Waals surface area (Å²) in [6.45, 7) is 4.13. The zero-order chi connectivity index (χ0) is 15.6. The van der Waals surface area contributed by atoms with E-state index in [-0.39, 0.29) is 0 Å². The van der Waals surface area contributed by atoms with Gasteiger partial charge in [0.05, 0.1) is 0 Å². The van der Waals surface area contributed by atoms with Crippen molar-refractivity contribution in [2.24, 2.45) is 5.84 Å². The normalized spacial score (nSPS) is 10.4. The third-order valence-corrected chi connectivity index (χ3v) is 3.03. The predicted octanol–water partition coefficient (Wildman–Crippen LogP) is 1.61. The molecule has 0 fully saturated rings. The lowest BCUT2D eigenvalue weighted by Crippen LogP contribution is -2.21. The average Bonchev–Trinajstić information content (AvgIpc) is 2.44. The summed E-state index contributed by atoms with van der Waals surface area (Å²) in [5, 5.41) is 0. The Bertz CT molecular complexity index is 619. The Morgan fingerprint density at radius 2 is 1.48 bits per heavy atom. The number of benzene rings is 1. The van der Waals surface area contributed by atoms with Crippen LogP contribution in [-0.2, 0) is 0 Å². The molecule has 1 aromatic carbocycles. The molecule has 0 aliphatic rings. The van der Waals surface area contributed by atoms with E-state index in [1.807, 2.05) is 26.0 Å². The number of aryl methyl sites for hydroxylation is 2. The largest absolute Gasteiger partial charge is 0.347 e. The van der Waals surface area contributed by atoms with Crippen molar-refractivity contribution in [1.82, 2.24) is 15.0 Å². The third kappa shape index (κ3) is 3.38. The van der Waals surface area contributed by atoms with E-state index in [0.29, 0.717) is 17.8 Å². The number of hydrogen-bond donors (Lipinski definition) is 2. The Labute approximate surface area is 124 Å². The molecule has 0 spiro atoms. The number of hydrazine groups is 1. The van der Waals surface area contributed by atoms with Crippen molar-refractivity contribution in [2.45, 2.75) is 13.8 Å². The number of nitrogens with zero attached hydrogens (tertiary/aromatic N) is 5. The topological polar surface area (TPSA) is 83.2 Å². The molecular formula is C14H21N7. The maximum absolute atomic E-state index is 5.43. The summed E-state index contributed by atoms with van der Waals surface area (Å²) in [5.41, 5.74) is 5.88. The molecule has 21 heavy (non-hydrogen) atoms. The van der Waals surface area contributed by atoms with Crippen molar-refractivity contribution in [2.75, 3.05) is 36.4 Å². The van der Waals surface area contributed by atoms with Gasteiger partial charge in [-0.15, -0.1) is 0 Å². The highest BCUT2D eigenvalue weighted by Crippen LogP contribution is 2.24. The van der Waals surface area contributed by atoms with Gasteiger partial charge in [-0.3, -0.25) is 5.43 Å². The highest BCUT2D eigenvalue weighted by molar-refractivity contribution is 5.60. The van der Waals surface area contributed by atoms with Crippen LogP contribution in [0.15, 0.2) is 18.2 Å². The molecule has 3 N–H and O–H groups in total. The van der Waals surface area contributed by atoms with Crippen molar-refractivity contribution in [3.05, 3.63) is 29.3 Å². The number of anilines is 4. The number of nitrogen functional groups attached to an aromatic ring is 1. The summed E-state index contributed by atoms with van der Waals surface area (Å²) in [6, 6.07) is 6.30. The monoisotopic (exact) mass is 287 g/mol. The standard InChI is InChI=1S/C14H21N7/c1-9-6-10(2)8-11(7-9)21(5)14-17-12(19-15)16-13(18-14)20(3)4/h6-8H,15H2,1-5H3,(H,16,17,18,19). The van der Waals surface area contributed by atoms with Crippen LogP contribution in [0.5, 0.6) is 0 Å². The fraction of sp³-hybridized carbons (Fsp3) is 0.357. The van der Waals surface area contributed by atoms with Crippen LogP contribution >= 0.6 is 0 Å². The van der Waals surface area contributed by atoms with E-state index in [1.165, 1.54) is 11.1 Å². The van der Waals surface area contributed by atoms with Gasteiger partial charge < -0.3 is 9.80 Å². The molecule has 0 bridgehead atoms. The highest BCUT2D eigenvalue weighted by atomic mass is 15.4. The lowest BCUT2D eigenvalue weighted by Gasteiger charge is -2.20. The Morgan fingerprint density at radius 1 is 0.905 bits per heavy atom. The van der Waals surface area contributed by atoms with Gasteiger partial charge >= 0.3 is 0 Å². The molecule has 0 atom stereocenters. The molecule has 0 unspecified atom stereocenters. The predicted molar refractivity (Wildman–Crippen MR) is 85.9 cm³/mol. The average molecular weight is 287 g/mol. The van der Waals surface area contributed by atoms with Crippen LogP contribution in [0.1, 0.15) is 11.1 Å². The minimum absolute atomic E-state index is 0.333. The Balaban J connectivity index is 2.46. The summed E-state index contributed by atoms with van der Waals surface area (Å²) in [7, 11) is 5.66. The fourth-order valence-electron chi connectivity index (χ4n) is 2.03. The zero-order valence-electron chi connectivity index (χ0n) is 13.0. The van der Waals surface area contributed by atoms with Crippen molar-refractivity contribution in [3.63, 3.8) is 0 Å². The van der Waals surface area contributed by atoms with E-state index in [1.54, 1.807) is 4.90 Å². The SMILES string of the molecule is Cc1cc(C)cc(N(C)c2nc(NN)nc(N(C)C)n2)c1. The van der Waals surface area contributed by atoms with Gasteiger partial charge in [0, 0.05) is 26.8 Å². The van der Waals surface area contributed by atoms with Crippen molar-refractivity contribution >= 4 is 23.5 Å². The van der Waals surface area contributed by atoms with Gasteiger partial charge in [-0.1, -0.05) is 6.07 Å². The Hall–Kier alpha value is -2.41. The summed E-state index contributed by atoms with van der Waals surface area (Å²) < 4.78 is 0. The smallest absolute Gasteiger partial charge is 0.243 e. The van der Waals surface area contributed by atoms with E-state index in [4.69, 9.17) is 5.84 Å². The second-order valence-corrected chi connectivity index (χ2v) is 5.20. The first kappa shape index (κ1) is 15.0. The van der Waals surface area contributed by atoms with Gasteiger partial charge in [-0.2, -0.15) is 15.0 Å². The van der Waals surface area contributed by atoms with Gasteiger partial charge in [-0.25, -0.2) is 5.84 Å². The maximum Gasteiger partial charge on any atom is 0.243 e. The molecule has 0 saturated heterocycles. The first-order valence-corrected chi connectivity index (χ1v) is 6.62. The number of hydrogen-bond acceptors (Lipinski definition) is 7. The Kier molecular flexibility index (Phi) is 4.23. The molecule has 7 nitrogen and oxygen atoms in total. The molecule has 1 heterocycles. The van der Waals surface area contributed by atoms with Crippen LogP contribution in [0.25, 0.3) is 0 Å². The van der Waals surface area contributed by atoms with Gasteiger partial charge in [0.1, 0.15) is 0 Å². The first-order valence-electron chi connectivity index (χ1n) is 6.62. The fourth-order valence-corrected chi connectivity index (χ4v) is 2.03. The second-order valence-electron chi connectivity index (χ2n) is 5.20. The Morgan fingerprint density at radius 3 is 2.00 bits per heavy atom. The van der Waals surface area contributed by atoms with Gasteiger partial charge in [0.15, 0.2) is 0 Å². The minimum Gasteiger partial charge on any atom is -0.347 e. The quantitative estimate of drug-likeness (QED) is 0.653. The van der Waals surface area contributed by atoms with E-state index < -0.39 is 0 Å². The molecule has 1 aromatic heterocycles. The van der Waals surface area contributed by atoms with E-state index in [2.05, 4.69) is 52.4 Å². The van der Waals surface area contributed by atoms with E-state index >= 15 is 0 Å². The van der Waals surface area contributed by atoms with Gasteiger partial charge in [0.25, 0.3) is 0 Å². The zero-order valence-corrected chi connectivity index (χ0v) is 13.0. The molecule has 0 radical (unpaired) electrons. The number of aromatic nitrogens is 3. The number of rotatable bonds is 4. The van der Waals surface area contributed by atoms with Gasteiger partial charge in [0.2, 0.25) is 17.8 Å². The van der Waals surface area contributed by atoms with Crippen LogP contribution in [0.4, 0.5) is 23.5 Å². The van der Waals surface area contributed by atoms with Crippen LogP contribution in [0, 0.1) is 13.8 Å². The molecule has 0 saturated carbocycles. The summed E-state index contributed by atoms with van der Waals surface area (Å²) >= 11 is 0. The molecule has 2 rings (SSSR count). The van der Waals surface area contributed by atoms with Crippen LogP contribution in [0.3, 0.4) is 0 Å². The molecule has 0 amide bonds. The van der Waals surface area contributed by atoms with Crippen molar-refractivity contribution in [1.29, 1.82) is 0 Å². The molecule has 0 aliphatic heterocycles. The second kappa shape index (κ2) is 5.92. The molecule has 112 valence electrons. The molecule has 7 heteroatoms. The van der Waals surface area contributed by atoms with Crippen LogP contribution in [-0.4, -0.2) is 36.1 Å². The van der Waals surface area contributed by atoms with Gasteiger partial charge in [-0.05, 0) is 37.1 Å². The first-order chi connectivity index (χ1) is 9.90. The molecule has 2 aromatic rings. The van der Waals surface area contributed by atoms with E-state index in [0.717, 1.165) is 5.69 Å². The number of nitrogens with two attached hydrogens (primary N) is 1. The summed E-state index contributed by atoms with van der Waals surface area (Å²) in [6.07, 6.45) is 0. The lowest BCUT2D eigenvalue weighted by atomic mass is 10.1. The van der Waals surface area contributed by atoms with Crippen molar-refractivity contribution < 1.29 is 0 Å². The summed E-state index contributed by atoms with van der Waals surface area (Å²) in [5.74, 6) is 6.85. The number of nitrogens with one attached hydrogen (secondary N) is 1. The molecule has 0 aliphatic carbocycles. The van der Waals surface area contributed by atoms with E-state index in [9.17, 15) is 0 Å². The molecular weight excluding hydrogens is 266 g/mol. The lowest BCUT2D eigenvalue weighted by molar-refractivity contribution is 0.928. The maximum atomic E-state index is 5.43. The van der Waals surface area contributed by atoms with Crippen LogP contribution < -0.4 is 21.1 Å².